The molecular weight excluding hydrogens is 454 g/mol. The largest absolute Gasteiger partial charge is 0.382 e. The summed E-state index contributed by atoms with van der Waals surface area (Å²) in [5, 5.41) is 5.99. The Hall–Kier alpha value is -3.60. The van der Waals surface area contributed by atoms with Crippen molar-refractivity contribution in [2.24, 2.45) is 11.1 Å². The van der Waals surface area contributed by atoms with Gasteiger partial charge in [-0.15, -0.1) is 0 Å². The second-order valence-corrected chi connectivity index (χ2v) is 9.71. The summed E-state index contributed by atoms with van der Waals surface area (Å²) in [4.78, 5) is 25.2. The quantitative estimate of drug-likeness (QED) is 0.514. The number of aromatic nitrogens is 4. The normalized spacial score (nSPS) is 22.2. The molecule has 1 spiro atoms. The zero-order chi connectivity index (χ0) is 24.4. The molecule has 1 unspecified atom stereocenters. The van der Waals surface area contributed by atoms with Crippen LogP contribution in [0, 0.1) is 5.41 Å². The van der Waals surface area contributed by atoms with Crippen molar-refractivity contribution in [3.63, 3.8) is 0 Å². The van der Waals surface area contributed by atoms with Gasteiger partial charge in [0.2, 0.25) is 0 Å². The van der Waals surface area contributed by atoms with Gasteiger partial charge in [-0.05, 0) is 35.8 Å². The van der Waals surface area contributed by atoms with Gasteiger partial charge in [0.25, 0.3) is 11.8 Å². The molecule has 6 rings (SSSR count). The van der Waals surface area contributed by atoms with E-state index in [-0.39, 0.29) is 40.9 Å². The average molecular weight is 481 g/mol. The summed E-state index contributed by atoms with van der Waals surface area (Å²) in [5.74, 6) is -3.09. The summed E-state index contributed by atoms with van der Waals surface area (Å²) in [5.41, 5.74) is 15.0. The Bertz CT molecular complexity index is 1300. The fraction of sp³-hybridized carbons (Fsp3) is 0.417. The minimum atomic E-state index is -3.07. The van der Waals surface area contributed by atoms with Crippen molar-refractivity contribution in [2.75, 3.05) is 35.2 Å². The number of alkyl halides is 2. The Morgan fingerprint density at radius 3 is 2.63 bits per heavy atom. The maximum atomic E-state index is 14.1. The lowest BCUT2D eigenvalue weighted by atomic mass is 9.73. The predicted molar refractivity (Wildman–Crippen MR) is 126 cm³/mol. The number of hydrogen-bond donors (Lipinski definition) is 3. The molecule has 5 N–H and O–H groups in total. The zero-order valence-electron chi connectivity index (χ0n) is 19.0. The number of carbonyl (C=O) groups is 1. The number of rotatable bonds is 2. The number of carbonyl (C=O) groups excluding carboxylic acids is 1. The molecule has 4 heterocycles. The first-order chi connectivity index (χ1) is 16.8. The van der Waals surface area contributed by atoms with Crippen LogP contribution in [0.15, 0.2) is 36.7 Å². The second-order valence-electron chi connectivity index (χ2n) is 9.71. The van der Waals surface area contributed by atoms with Crippen LogP contribution in [0.5, 0.6) is 0 Å². The highest BCUT2D eigenvalue weighted by atomic mass is 19.3. The molecule has 1 fully saturated rings. The number of piperidine rings is 1. The maximum Gasteiger partial charge on any atom is 0.292 e. The number of hydrogen-bond acceptors (Lipinski definition) is 7. The lowest BCUT2D eigenvalue weighted by molar-refractivity contribution is -0.0190. The second kappa shape index (κ2) is 7.70. The number of aromatic amines is 1. The van der Waals surface area contributed by atoms with Gasteiger partial charge in [-0.1, -0.05) is 24.3 Å². The third-order valence-corrected chi connectivity index (χ3v) is 7.84. The van der Waals surface area contributed by atoms with E-state index < -0.39 is 18.3 Å². The molecule has 35 heavy (non-hydrogen) atoms. The summed E-state index contributed by atoms with van der Waals surface area (Å²) < 4.78 is 28.3. The van der Waals surface area contributed by atoms with Gasteiger partial charge < -0.3 is 21.3 Å². The Balaban J connectivity index is 1.18. The predicted octanol–water partition coefficient (Wildman–Crippen LogP) is 2.77. The summed E-state index contributed by atoms with van der Waals surface area (Å²) in [6.45, 7) is 1.34. The highest BCUT2D eigenvalue weighted by Crippen LogP contribution is 2.51. The third kappa shape index (κ3) is 3.36. The van der Waals surface area contributed by atoms with Crippen molar-refractivity contribution in [2.45, 2.75) is 37.6 Å². The standard InChI is InChI=1S/C24H26F2N8O/c25-24(26)7-10-34(16-12-30-32-20(16)24)22(35)18-21(28)31-17(13-29-18)33-8-5-23(6-9-33)11-14-3-1-2-4-15(14)19(23)27/h1-4,12-13,19H,5-11,27H2,(H2,28,31)(H,30,32). The zero-order valence-corrected chi connectivity index (χ0v) is 19.0. The minimum absolute atomic E-state index is 0.0155. The van der Waals surface area contributed by atoms with Gasteiger partial charge >= 0.3 is 0 Å². The van der Waals surface area contributed by atoms with Gasteiger partial charge in [0.05, 0.1) is 18.1 Å². The Labute approximate surface area is 200 Å². The van der Waals surface area contributed by atoms with E-state index in [0.29, 0.717) is 5.82 Å². The summed E-state index contributed by atoms with van der Waals surface area (Å²) in [6.07, 6.45) is 5.03. The summed E-state index contributed by atoms with van der Waals surface area (Å²) in [7, 11) is 0. The first kappa shape index (κ1) is 21.9. The molecule has 3 aliphatic rings. The first-order valence-electron chi connectivity index (χ1n) is 11.7. The van der Waals surface area contributed by atoms with Gasteiger partial charge in [0.15, 0.2) is 11.5 Å². The van der Waals surface area contributed by atoms with Gasteiger partial charge in [0, 0.05) is 32.1 Å². The smallest absolute Gasteiger partial charge is 0.292 e. The number of amides is 1. The van der Waals surface area contributed by atoms with Crippen LogP contribution in [0.4, 0.5) is 26.1 Å². The first-order valence-corrected chi connectivity index (χ1v) is 11.7. The van der Waals surface area contributed by atoms with E-state index in [0.717, 1.165) is 32.4 Å². The Morgan fingerprint density at radius 2 is 1.89 bits per heavy atom. The highest BCUT2D eigenvalue weighted by Gasteiger charge is 2.46. The molecule has 182 valence electrons. The number of anilines is 3. The molecule has 1 atom stereocenters. The number of nitrogens with one attached hydrogen (secondary N) is 1. The van der Waals surface area contributed by atoms with Crippen molar-refractivity contribution >= 4 is 23.2 Å². The van der Waals surface area contributed by atoms with E-state index in [1.165, 1.54) is 28.4 Å². The van der Waals surface area contributed by atoms with Crippen molar-refractivity contribution in [1.29, 1.82) is 0 Å². The van der Waals surface area contributed by atoms with E-state index in [4.69, 9.17) is 11.5 Å². The summed E-state index contributed by atoms with van der Waals surface area (Å²) in [6, 6.07) is 8.40. The molecule has 0 saturated carbocycles. The lowest BCUT2D eigenvalue weighted by Gasteiger charge is -2.42. The van der Waals surface area contributed by atoms with Crippen LogP contribution >= 0.6 is 0 Å². The monoisotopic (exact) mass is 480 g/mol. The van der Waals surface area contributed by atoms with Crippen molar-refractivity contribution < 1.29 is 13.6 Å². The number of nitrogens with two attached hydrogens (primary N) is 2. The lowest BCUT2D eigenvalue weighted by Crippen LogP contribution is -2.44. The molecule has 1 aliphatic carbocycles. The molecule has 3 aromatic rings. The number of benzene rings is 1. The Kier molecular flexibility index (Phi) is 4.82. The van der Waals surface area contributed by atoms with E-state index in [1.807, 2.05) is 6.07 Å². The van der Waals surface area contributed by atoms with Gasteiger partial charge in [-0.2, -0.15) is 13.9 Å². The van der Waals surface area contributed by atoms with Crippen molar-refractivity contribution in [3.05, 3.63) is 59.2 Å². The van der Waals surface area contributed by atoms with Crippen LogP contribution < -0.4 is 21.3 Å². The SMILES string of the molecule is Nc1nc(N2CCC3(CC2)Cc2ccccc2C3N)cnc1C(=O)N1CCC(F)(F)c2[nH]ncc21. The minimum Gasteiger partial charge on any atom is -0.382 e. The Morgan fingerprint density at radius 1 is 1.11 bits per heavy atom. The fourth-order valence-electron chi connectivity index (χ4n) is 5.79. The van der Waals surface area contributed by atoms with Crippen LogP contribution in [0.1, 0.15) is 52.6 Å². The molecule has 1 amide bonds. The number of halogens is 2. The molecule has 11 heteroatoms. The third-order valence-electron chi connectivity index (χ3n) is 7.84. The van der Waals surface area contributed by atoms with Crippen molar-refractivity contribution in [3.8, 4) is 0 Å². The fourth-order valence-corrected chi connectivity index (χ4v) is 5.79. The number of nitrogen functional groups attached to an aromatic ring is 1. The van der Waals surface area contributed by atoms with E-state index in [2.05, 4.69) is 43.3 Å². The van der Waals surface area contributed by atoms with Gasteiger partial charge in [0.1, 0.15) is 11.5 Å². The maximum absolute atomic E-state index is 14.1. The molecule has 1 saturated heterocycles. The number of H-pyrrole nitrogens is 1. The van der Waals surface area contributed by atoms with Crippen LogP contribution in [0.2, 0.25) is 0 Å². The molecule has 0 bridgehead atoms. The highest BCUT2D eigenvalue weighted by molar-refractivity contribution is 6.08. The number of fused-ring (bicyclic) bond motifs is 2. The van der Waals surface area contributed by atoms with Crippen LogP contribution in [-0.4, -0.2) is 45.7 Å². The molecule has 9 nitrogen and oxygen atoms in total. The van der Waals surface area contributed by atoms with Crippen LogP contribution in [-0.2, 0) is 12.3 Å². The van der Waals surface area contributed by atoms with Gasteiger partial charge in [-0.3, -0.25) is 9.89 Å². The molecule has 1 aromatic carbocycles. The summed E-state index contributed by atoms with van der Waals surface area (Å²) >= 11 is 0. The van der Waals surface area contributed by atoms with Gasteiger partial charge in [-0.25, -0.2) is 9.97 Å². The topological polar surface area (TPSA) is 130 Å². The molecule has 2 aromatic heterocycles. The van der Waals surface area contributed by atoms with Crippen LogP contribution in [0.3, 0.4) is 0 Å². The molecular formula is C24H26F2N8O. The van der Waals surface area contributed by atoms with E-state index in [1.54, 1.807) is 0 Å². The number of nitrogens with zero attached hydrogens (tertiary/aromatic N) is 5. The van der Waals surface area contributed by atoms with Crippen molar-refractivity contribution in [1.82, 2.24) is 20.2 Å². The molecule has 0 radical (unpaired) electrons. The molecule has 2 aliphatic heterocycles. The van der Waals surface area contributed by atoms with Crippen LogP contribution in [0.25, 0.3) is 0 Å². The average Bonchev–Trinajstić information content (AvgIpc) is 3.44. The van der Waals surface area contributed by atoms with E-state index >= 15 is 0 Å². The van der Waals surface area contributed by atoms with E-state index in [9.17, 15) is 13.6 Å².